The van der Waals surface area contributed by atoms with Crippen molar-refractivity contribution in [3.8, 4) is 0 Å². The van der Waals surface area contributed by atoms with Gasteiger partial charge in [0.25, 0.3) is 0 Å². The van der Waals surface area contributed by atoms with E-state index >= 15 is 0 Å². The van der Waals surface area contributed by atoms with Crippen molar-refractivity contribution in [1.29, 1.82) is 0 Å². The van der Waals surface area contributed by atoms with Gasteiger partial charge in [0, 0.05) is 0 Å². The largest absolute Gasteiger partial charge is 0.447 e. The molecule has 0 saturated carbocycles. The molecule has 4 heteroatoms. The summed E-state index contributed by atoms with van der Waals surface area (Å²) in [5.74, 6) is -0.334. The molecule has 2 amide bonds. The van der Waals surface area contributed by atoms with Crippen LogP contribution in [0.25, 0.3) is 0 Å². The number of benzene rings is 1. The van der Waals surface area contributed by atoms with Gasteiger partial charge in [0.15, 0.2) is 0 Å². The van der Waals surface area contributed by atoms with E-state index < -0.39 is 6.09 Å². The van der Waals surface area contributed by atoms with Gasteiger partial charge in [-0.2, -0.15) is 0 Å². The third-order valence-corrected chi connectivity index (χ3v) is 3.58. The molecule has 0 radical (unpaired) electrons. The van der Waals surface area contributed by atoms with Crippen LogP contribution in [0.2, 0.25) is 0 Å². The number of rotatable bonds is 3. The Hall–Kier alpha value is -1.84. The fraction of sp³-hybridized carbons (Fsp3) is 0.467. The fourth-order valence-corrected chi connectivity index (χ4v) is 2.27. The molecule has 102 valence electrons. The monoisotopic (exact) mass is 261 g/mol. The van der Waals surface area contributed by atoms with Crippen LogP contribution in [0.3, 0.4) is 0 Å². The molecule has 2 rings (SSSR count). The first kappa shape index (κ1) is 13.6. The van der Waals surface area contributed by atoms with Gasteiger partial charge < -0.3 is 4.74 Å². The second kappa shape index (κ2) is 5.43. The van der Waals surface area contributed by atoms with E-state index in [9.17, 15) is 9.59 Å². The molecule has 2 atom stereocenters. The van der Waals surface area contributed by atoms with Gasteiger partial charge in [-0.15, -0.1) is 0 Å². The standard InChI is InChI=1S/C15H19NO3/c1-10(2)13-9-19-15(18)16(13)14(17)11(3)12-7-5-4-6-8-12/h4-8,10-11,13H,9H2,1-3H3/t11-,13-/m0/s1. The maximum Gasteiger partial charge on any atom is 0.417 e. The van der Waals surface area contributed by atoms with Gasteiger partial charge in [-0.3, -0.25) is 4.79 Å². The van der Waals surface area contributed by atoms with Crippen LogP contribution in [-0.2, 0) is 9.53 Å². The summed E-state index contributed by atoms with van der Waals surface area (Å²) < 4.78 is 5.01. The zero-order valence-electron chi connectivity index (χ0n) is 11.5. The Balaban J connectivity index is 2.21. The molecule has 1 saturated heterocycles. The van der Waals surface area contributed by atoms with E-state index in [2.05, 4.69) is 0 Å². The molecule has 19 heavy (non-hydrogen) atoms. The number of amides is 2. The van der Waals surface area contributed by atoms with Crippen molar-refractivity contribution < 1.29 is 14.3 Å². The predicted octanol–water partition coefficient (Wildman–Crippen LogP) is 2.79. The zero-order chi connectivity index (χ0) is 14.0. The van der Waals surface area contributed by atoms with Crippen LogP contribution in [0, 0.1) is 5.92 Å². The van der Waals surface area contributed by atoms with Crippen LogP contribution < -0.4 is 0 Å². The number of cyclic esters (lactones) is 1. The molecule has 1 aliphatic rings. The second-order valence-electron chi connectivity index (χ2n) is 5.23. The summed E-state index contributed by atoms with van der Waals surface area (Å²) in [6.45, 7) is 6.09. The summed E-state index contributed by atoms with van der Waals surface area (Å²) in [6.07, 6.45) is -0.522. The minimum absolute atomic E-state index is 0.161. The summed E-state index contributed by atoms with van der Waals surface area (Å²) in [5.41, 5.74) is 0.912. The zero-order valence-corrected chi connectivity index (χ0v) is 11.5. The average molecular weight is 261 g/mol. The maximum absolute atomic E-state index is 12.5. The number of imide groups is 1. The molecule has 0 aliphatic carbocycles. The van der Waals surface area contributed by atoms with Crippen LogP contribution in [0.4, 0.5) is 4.79 Å². The van der Waals surface area contributed by atoms with Gasteiger partial charge >= 0.3 is 6.09 Å². The Morgan fingerprint density at radius 2 is 1.89 bits per heavy atom. The SMILES string of the molecule is CC(C)[C@@H]1COC(=O)N1C(=O)[C@@H](C)c1ccccc1. The average Bonchev–Trinajstić information content (AvgIpc) is 2.80. The Morgan fingerprint density at radius 3 is 2.47 bits per heavy atom. The summed E-state index contributed by atoms with van der Waals surface area (Å²) in [7, 11) is 0. The normalized spacial score (nSPS) is 20.5. The highest BCUT2D eigenvalue weighted by Crippen LogP contribution is 2.25. The van der Waals surface area contributed by atoms with Gasteiger partial charge in [-0.25, -0.2) is 9.69 Å². The Morgan fingerprint density at radius 1 is 1.26 bits per heavy atom. The highest BCUT2D eigenvalue weighted by atomic mass is 16.6. The molecule has 1 aromatic carbocycles. The molecular formula is C15H19NO3. The molecule has 0 spiro atoms. The van der Waals surface area contributed by atoms with Gasteiger partial charge in [-0.1, -0.05) is 44.2 Å². The van der Waals surface area contributed by atoms with E-state index in [4.69, 9.17) is 4.74 Å². The summed E-state index contributed by atoms with van der Waals surface area (Å²) >= 11 is 0. The maximum atomic E-state index is 12.5. The number of hydrogen-bond donors (Lipinski definition) is 0. The van der Waals surface area contributed by atoms with Crippen molar-refractivity contribution in [3.63, 3.8) is 0 Å². The Bertz CT molecular complexity index is 470. The van der Waals surface area contributed by atoms with Gasteiger partial charge in [0.1, 0.15) is 6.61 Å². The number of carbonyl (C=O) groups excluding carboxylic acids is 2. The minimum Gasteiger partial charge on any atom is -0.447 e. The van der Waals surface area contributed by atoms with E-state index in [0.29, 0.717) is 6.61 Å². The predicted molar refractivity (Wildman–Crippen MR) is 71.7 cm³/mol. The summed E-state index contributed by atoms with van der Waals surface area (Å²) in [6, 6.07) is 9.32. The van der Waals surface area contributed by atoms with Crippen LogP contribution in [-0.4, -0.2) is 29.5 Å². The third kappa shape index (κ3) is 2.62. The lowest BCUT2D eigenvalue weighted by Gasteiger charge is -2.25. The molecule has 1 aliphatic heterocycles. The first-order valence-electron chi connectivity index (χ1n) is 6.57. The van der Waals surface area contributed by atoms with Crippen molar-refractivity contribution in [3.05, 3.63) is 35.9 Å². The van der Waals surface area contributed by atoms with Gasteiger partial charge in [0.2, 0.25) is 5.91 Å². The molecule has 1 aromatic rings. The Labute approximate surface area is 113 Å². The highest BCUT2D eigenvalue weighted by molar-refractivity contribution is 5.97. The molecular weight excluding hydrogens is 242 g/mol. The first-order chi connectivity index (χ1) is 9.02. The number of hydrogen-bond acceptors (Lipinski definition) is 3. The third-order valence-electron chi connectivity index (χ3n) is 3.58. The second-order valence-corrected chi connectivity index (χ2v) is 5.23. The lowest BCUT2D eigenvalue weighted by atomic mass is 9.97. The molecule has 1 heterocycles. The lowest BCUT2D eigenvalue weighted by Crippen LogP contribution is -2.43. The van der Waals surface area contributed by atoms with E-state index in [1.54, 1.807) is 0 Å². The van der Waals surface area contributed by atoms with Crippen LogP contribution in [0.15, 0.2) is 30.3 Å². The molecule has 0 N–H and O–H groups in total. The summed E-state index contributed by atoms with van der Waals surface area (Å²) in [4.78, 5) is 25.5. The van der Waals surface area contributed by atoms with E-state index in [1.165, 1.54) is 4.90 Å². The Kier molecular flexibility index (Phi) is 3.88. The molecule has 1 fully saturated rings. The fourth-order valence-electron chi connectivity index (χ4n) is 2.27. The topological polar surface area (TPSA) is 46.6 Å². The number of nitrogens with zero attached hydrogens (tertiary/aromatic N) is 1. The quantitative estimate of drug-likeness (QED) is 0.840. The van der Waals surface area contributed by atoms with Gasteiger partial charge in [0.05, 0.1) is 12.0 Å². The highest BCUT2D eigenvalue weighted by Gasteiger charge is 2.41. The van der Waals surface area contributed by atoms with Crippen molar-refractivity contribution in [1.82, 2.24) is 4.90 Å². The first-order valence-corrected chi connectivity index (χ1v) is 6.57. The van der Waals surface area contributed by atoms with Crippen LogP contribution in [0.1, 0.15) is 32.3 Å². The molecule has 0 bridgehead atoms. The van der Waals surface area contributed by atoms with Crippen molar-refractivity contribution in [2.75, 3.05) is 6.61 Å². The molecule has 4 nitrogen and oxygen atoms in total. The van der Waals surface area contributed by atoms with Crippen molar-refractivity contribution in [2.24, 2.45) is 5.92 Å². The molecule has 0 unspecified atom stereocenters. The van der Waals surface area contributed by atoms with E-state index in [-0.39, 0.29) is 23.8 Å². The smallest absolute Gasteiger partial charge is 0.417 e. The van der Waals surface area contributed by atoms with Gasteiger partial charge in [-0.05, 0) is 18.4 Å². The van der Waals surface area contributed by atoms with Crippen LogP contribution in [0.5, 0.6) is 0 Å². The molecule has 0 aromatic heterocycles. The summed E-state index contributed by atoms with van der Waals surface area (Å²) in [5, 5.41) is 0. The van der Waals surface area contributed by atoms with E-state index in [1.807, 2.05) is 51.1 Å². The lowest BCUT2D eigenvalue weighted by molar-refractivity contribution is -0.131. The number of carbonyl (C=O) groups is 2. The van der Waals surface area contributed by atoms with Crippen molar-refractivity contribution >= 4 is 12.0 Å². The van der Waals surface area contributed by atoms with E-state index in [0.717, 1.165) is 5.56 Å². The van der Waals surface area contributed by atoms with Crippen LogP contribution >= 0.6 is 0 Å². The number of ether oxygens (including phenoxy) is 1. The van der Waals surface area contributed by atoms with Crippen molar-refractivity contribution in [2.45, 2.75) is 32.7 Å². The minimum atomic E-state index is -0.522.